The Morgan fingerprint density at radius 1 is 1.18 bits per heavy atom. The molecule has 0 radical (unpaired) electrons. The number of carbonyl (C=O) groups excluding carboxylic acids is 1. The fraction of sp³-hybridized carbons (Fsp3) is 0.733. The van der Waals surface area contributed by atoms with Crippen molar-refractivity contribution in [1.29, 1.82) is 0 Å². The van der Waals surface area contributed by atoms with Crippen LogP contribution < -0.4 is 11.0 Å². The largest absolute Gasteiger partial charge is 0.350 e. The average molecular weight is 309 g/mol. The summed E-state index contributed by atoms with van der Waals surface area (Å²) in [6.07, 6.45) is 3.43. The second kappa shape index (κ2) is 7.11. The van der Waals surface area contributed by atoms with Crippen molar-refractivity contribution in [2.45, 2.75) is 32.9 Å². The fourth-order valence-electron chi connectivity index (χ4n) is 2.61. The number of aromatic amines is 1. The summed E-state index contributed by atoms with van der Waals surface area (Å²) in [4.78, 5) is 30.5. The van der Waals surface area contributed by atoms with Crippen LogP contribution in [0.15, 0.2) is 17.2 Å². The number of H-pyrrole nitrogens is 1. The number of hydrogen-bond acceptors (Lipinski definition) is 4. The Kier molecular flexibility index (Phi) is 5.42. The molecule has 1 aliphatic rings. The van der Waals surface area contributed by atoms with E-state index < -0.39 is 0 Å². The minimum absolute atomic E-state index is 0.0579. The summed E-state index contributed by atoms with van der Waals surface area (Å²) < 4.78 is 1.68. The molecule has 0 saturated carbocycles. The van der Waals surface area contributed by atoms with Crippen LogP contribution >= 0.6 is 0 Å². The molecule has 22 heavy (non-hydrogen) atoms. The smallest absolute Gasteiger partial charge is 0.325 e. The second-order valence-corrected chi connectivity index (χ2v) is 6.87. The van der Waals surface area contributed by atoms with Crippen LogP contribution in [0.25, 0.3) is 0 Å². The molecule has 1 aliphatic heterocycles. The van der Waals surface area contributed by atoms with Gasteiger partial charge in [0.1, 0.15) is 0 Å². The van der Waals surface area contributed by atoms with Crippen molar-refractivity contribution in [2.75, 3.05) is 39.3 Å². The van der Waals surface area contributed by atoms with E-state index in [9.17, 15) is 9.59 Å². The highest BCUT2D eigenvalue weighted by Gasteiger charge is 2.20. The quantitative estimate of drug-likeness (QED) is 0.784. The molecule has 7 heteroatoms. The van der Waals surface area contributed by atoms with Crippen molar-refractivity contribution in [3.8, 4) is 0 Å². The third kappa shape index (κ3) is 5.31. The van der Waals surface area contributed by atoms with Gasteiger partial charge in [0, 0.05) is 57.2 Å². The van der Waals surface area contributed by atoms with E-state index in [0.29, 0.717) is 13.1 Å². The number of nitrogens with zero attached hydrogens (tertiary/aromatic N) is 3. The van der Waals surface area contributed by atoms with Crippen molar-refractivity contribution in [1.82, 2.24) is 24.7 Å². The lowest BCUT2D eigenvalue weighted by Crippen LogP contribution is -2.52. The van der Waals surface area contributed by atoms with Gasteiger partial charge in [0.25, 0.3) is 0 Å². The summed E-state index contributed by atoms with van der Waals surface area (Å²) in [6, 6.07) is 0. The summed E-state index contributed by atoms with van der Waals surface area (Å²) in [5.41, 5.74) is -0.236. The molecule has 2 N–H and O–H groups in total. The lowest BCUT2D eigenvalue weighted by atomic mass is 10.1. The van der Waals surface area contributed by atoms with Crippen molar-refractivity contribution in [3.63, 3.8) is 0 Å². The Morgan fingerprint density at radius 3 is 2.36 bits per heavy atom. The van der Waals surface area contributed by atoms with Crippen molar-refractivity contribution < 1.29 is 4.79 Å². The first kappa shape index (κ1) is 16.8. The maximum atomic E-state index is 11.9. The van der Waals surface area contributed by atoms with Gasteiger partial charge in [-0.1, -0.05) is 0 Å². The Morgan fingerprint density at radius 2 is 1.82 bits per heavy atom. The standard InChI is InChI=1S/C15H27N5O2/c1-15(2,3)17-13(21)12-19-8-6-18(7-9-19)10-11-20-5-4-16-14(20)22/h4-5H,6-12H2,1-3H3,(H,16,22)(H,17,21). The minimum Gasteiger partial charge on any atom is -0.350 e. The summed E-state index contributed by atoms with van der Waals surface area (Å²) in [6.45, 7) is 11.6. The molecular weight excluding hydrogens is 282 g/mol. The van der Waals surface area contributed by atoms with Gasteiger partial charge in [-0.3, -0.25) is 19.2 Å². The molecule has 2 rings (SSSR count). The Balaban J connectivity index is 1.68. The van der Waals surface area contributed by atoms with Crippen LogP contribution in [0.2, 0.25) is 0 Å². The van der Waals surface area contributed by atoms with Gasteiger partial charge < -0.3 is 10.3 Å². The number of aromatic nitrogens is 2. The van der Waals surface area contributed by atoms with Gasteiger partial charge in [-0.15, -0.1) is 0 Å². The van der Waals surface area contributed by atoms with Crippen LogP contribution in [0.5, 0.6) is 0 Å². The Hall–Kier alpha value is -1.60. The molecule has 1 amide bonds. The number of imidazole rings is 1. The topological polar surface area (TPSA) is 73.4 Å². The normalized spacial score (nSPS) is 17.6. The maximum Gasteiger partial charge on any atom is 0.325 e. The first-order chi connectivity index (χ1) is 10.3. The fourth-order valence-corrected chi connectivity index (χ4v) is 2.61. The van der Waals surface area contributed by atoms with Gasteiger partial charge in [0.2, 0.25) is 5.91 Å². The zero-order valence-electron chi connectivity index (χ0n) is 13.8. The van der Waals surface area contributed by atoms with Crippen molar-refractivity contribution in [3.05, 3.63) is 22.9 Å². The first-order valence-corrected chi connectivity index (χ1v) is 7.83. The van der Waals surface area contributed by atoms with Gasteiger partial charge >= 0.3 is 5.69 Å². The van der Waals surface area contributed by atoms with E-state index in [-0.39, 0.29) is 17.1 Å². The third-order valence-electron chi connectivity index (χ3n) is 3.73. The van der Waals surface area contributed by atoms with Gasteiger partial charge in [-0.25, -0.2) is 4.79 Å². The van der Waals surface area contributed by atoms with Crippen LogP contribution in [0.3, 0.4) is 0 Å². The predicted octanol–water partition coefficient (Wildman–Crippen LogP) is -0.291. The average Bonchev–Trinajstić information content (AvgIpc) is 2.81. The molecule has 1 fully saturated rings. The van der Waals surface area contributed by atoms with Gasteiger partial charge in [0.15, 0.2) is 0 Å². The zero-order valence-corrected chi connectivity index (χ0v) is 13.8. The highest BCUT2D eigenvalue weighted by Crippen LogP contribution is 2.03. The molecule has 2 heterocycles. The lowest BCUT2D eigenvalue weighted by molar-refractivity contribution is -0.124. The maximum absolute atomic E-state index is 11.9. The summed E-state index contributed by atoms with van der Waals surface area (Å²) in [5, 5.41) is 2.99. The van der Waals surface area contributed by atoms with Gasteiger partial charge in [0.05, 0.1) is 6.54 Å². The molecule has 0 aliphatic carbocycles. The molecule has 124 valence electrons. The Bertz CT molecular complexity index is 535. The van der Waals surface area contributed by atoms with Crippen molar-refractivity contribution in [2.24, 2.45) is 0 Å². The summed E-state index contributed by atoms with van der Waals surface area (Å²) in [5.74, 6) is 0.0832. The zero-order chi connectivity index (χ0) is 16.2. The van der Waals surface area contributed by atoms with Crippen LogP contribution in [0.4, 0.5) is 0 Å². The molecule has 0 bridgehead atoms. The molecule has 0 atom stereocenters. The predicted molar refractivity (Wildman–Crippen MR) is 85.8 cm³/mol. The molecular formula is C15H27N5O2. The third-order valence-corrected chi connectivity index (χ3v) is 3.73. The SMILES string of the molecule is CC(C)(C)NC(=O)CN1CCN(CCn2cc[nH]c2=O)CC1. The van der Waals surface area contributed by atoms with Crippen molar-refractivity contribution >= 4 is 5.91 Å². The van der Waals surface area contributed by atoms with Gasteiger partial charge in [-0.2, -0.15) is 0 Å². The molecule has 1 aromatic heterocycles. The second-order valence-electron chi connectivity index (χ2n) is 6.87. The number of rotatable bonds is 5. The van der Waals surface area contributed by atoms with E-state index in [1.807, 2.05) is 20.8 Å². The van der Waals surface area contributed by atoms with E-state index in [4.69, 9.17) is 0 Å². The van der Waals surface area contributed by atoms with Crippen LogP contribution in [-0.4, -0.2) is 70.1 Å². The molecule has 0 spiro atoms. The van der Waals surface area contributed by atoms with E-state index >= 15 is 0 Å². The van der Waals surface area contributed by atoms with Crippen LogP contribution in [-0.2, 0) is 11.3 Å². The number of nitrogens with one attached hydrogen (secondary N) is 2. The molecule has 7 nitrogen and oxygen atoms in total. The number of carbonyl (C=O) groups is 1. The van der Waals surface area contributed by atoms with Crippen LogP contribution in [0, 0.1) is 0 Å². The molecule has 1 aromatic rings. The molecule has 1 saturated heterocycles. The van der Waals surface area contributed by atoms with E-state index in [0.717, 1.165) is 32.7 Å². The van der Waals surface area contributed by atoms with Gasteiger partial charge in [-0.05, 0) is 20.8 Å². The highest BCUT2D eigenvalue weighted by atomic mass is 16.2. The molecule has 0 aromatic carbocycles. The Labute approximate surface area is 131 Å². The minimum atomic E-state index is -0.178. The highest BCUT2D eigenvalue weighted by molar-refractivity contribution is 5.78. The summed E-state index contributed by atoms with van der Waals surface area (Å²) in [7, 11) is 0. The summed E-state index contributed by atoms with van der Waals surface area (Å²) >= 11 is 0. The van der Waals surface area contributed by atoms with E-state index in [2.05, 4.69) is 20.1 Å². The number of piperazine rings is 1. The van der Waals surface area contributed by atoms with Crippen LogP contribution in [0.1, 0.15) is 20.8 Å². The van der Waals surface area contributed by atoms with E-state index in [1.165, 1.54) is 0 Å². The number of amides is 1. The lowest BCUT2D eigenvalue weighted by Gasteiger charge is -2.34. The monoisotopic (exact) mass is 309 g/mol. The van der Waals surface area contributed by atoms with E-state index in [1.54, 1.807) is 17.0 Å². The first-order valence-electron chi connectivity index (χ1n) is 7.83. The molecule has 0 unspecified atom stereocenters. The number of hydrogen-bond donors (Lipinski definition) is 2.